The van der Waals surface area contributed by atoms with Gasteiger partial charge in [-0.2, -0.15) is 0 Å². The smallest absolute Gasteiger partial charge is 0.275 e. The zero-order valence-corrected chi connectivity index (χ0v) is 11.1. The van der Waals surface area contributed by atoms with Crippen LogP contribution >= 0.6 is 0 Å². The third kappa shape index (κ3) is 4.00. The number of nitrogens with one attached hydrogen (secondary N) is 1. The molecule has 1 aliphatic rings. The van der Waals surface area contributed by atoms with Gasteiger partial charge in [-0.1, -0.05) is 5.16 Å². The highest BCUT2D eigenvalue weighted by atomic mass is 16.6. The van der Waals surface area contributed by atoms with Gasteiger partial charge in [-0.3, -0.25) is 4.79 Å². The fourth-order valence-electron chi connectivity index (χ4n) is 2.17. The standard InChI is InChI=1S/C12H20N4O3/c1-9-11(15-19-14-9)12(18)13-5-2-6-16-7-3-10(17)4-8-16/h10,17H,2-8H2,1H3,(H,13,18). The van der Waals surface area contributed by atoms with E-state index in [0.717, 1.165) is 38.9 Å². The van der Waals surface area contributed by atoms with E-state index in [9.17, 15) is 9.90 Å². The van der Waals surface area contributed by atoms with Crippen LogP contribution in [0.5, 0.6) is 0 Å². The summed E-state index contributed by atoms with van der Waals surface area (Å²) in [6.07, 6.45) is 2.43. The molecule has 1 saturated heterocycles. The number of piperidine rings is 1. The van der Waals surface area contributed by atoms with E-state index in [-0.39, 0.29) is 17.7 Å². The summed E-state index contributed by atoms with van der Waals surface area (Å²) in [7, 11) is 0. The largest absolute Gasteiger partial charge is 0.393 e. The van der Waals surface area contributed by atoms with E-state index in [1.807, 2.05) is 0 Å². The summed E-state index contributed by atoms with van der Waals surface area (Å²) < 4.78 is 4.49. The van der Waals surface area contributed by atoms with Crippen molar-refractivity contribution < 1.29 is 14.5 Å². The molecule has 106 valence electrons. The third-order valence-electron chi connectivity index (χ3n) is 3.36. The lowest BCUT2D eigenvalue weighted by Crippen LogP contribution is -2.37. The van der Waals surface area contributed by atoms with Crippen LogP contribution in [-0.2, 0) is 0 Å². The highest BCUT2D eigenvalue weighted by molar-refractivity contribution is 5.92. The summed E-state index contributed by atoms with van der Waals surface area (Å²) >= 11 is 0. The molecule has 0 saturated carbocycles. The molecule has 2 N–H and O–H groups in total. The first-order chi connectivity index (χ1) is 9.16. The third-order valence-corrected chi connectivity index (χ3v) is 3.36. The highest BCUT2D eigenvalue weighted by Gasteiger charge is 2.17. The number of aromatic nitrogens is 2. The Hall–Kier alpha value is -1.47. The Morgan fingerprint density at radius 1 is 1.47 bits per heavy atom. The van der Waals surface area contributed by atoms with Gasteiger partial charge in [-0.25, -0.2) is 4.63 Å². The molecule has 0 spiro atoms. The molecule has 2 heterocycles. The van der Waals surface area contributed by atoms with Gasteiger partial charge >= 0.3 is 0 Å². The Morgan fingerprint density at radius 3 is 2.84 bits per heavy atom. The van der Waals surface area contributed by atoms with Gasteiger partial charge in [0.1, 0.15) is 5.69 Å². The molecule has 7 heteroatoms. The summed E-state index contributed by atoms with van der Waals surface area (Å²) in [5.41, 5.74) is 0.753. The first kappa shape index (κ1) is 14.0. The predicted octanol–water partition coefficient (Wildman–Crippen LogP) is -0.0454. The molecule has 7 nitrogen and oxygen atoms in total. The average Bonchev–Trinajstić information content (AvgIpc) is 2.83. The normalized spacial score (nSPS) is 17.6. The molecule has 0 aromatic carbocycles. The van der Waals surface area contributed by atoms with Crippen LogP contribution < -0.4 is 5.32 Å². The zero-order chi connectivity index (χ0) is 13.7. The highest BCUT2D eigenvalue weighted by Crippen LogP contribution is 2.09. The summed E-state index contributed by atoms with van der Waals surface area (Å²) in [6, 6.07) is 0. The van der Waals surface area contributed by atoms with Crippen molar-refractivity contribution in [2.45, 2.75) is 32.3 Å². The maximum atomic E-state index is 11.7. The number of rotatable bonds is 5. The van der Waals surface area contributed by atoms with Crippen molar-refractivity contribution in [3.8, 4) is 0 Å². The van der Waals surface area contributed by atoms with E-state index < -0.39 is 0 Å². The van der Waals surface area contributed by atoms with Gasteiger partial charge in [0.15, 0.2) is 5.69 Å². The molecule has 1 aliphatic heterocycles. The molecule has 1 fully saturated rings. The van der Waals surface area contributed by atoms with Crippen LogP contribution in [0.15, 0.2) is 4.63 Å². The van der Waals surface area contributed by atoms with Crippen LogP contribution in [0, 0.1) is 6.92 Å². The number of aliphatic hydroxyl groups excluding tert-OH is 1. The minimum absolute atomic E-state index is 0.140. The van der Waals surface area contributed by atoms with E-state index in [2.05, 4.69) is 25.2 Å². The number of aryl methyl sites for hydroxylation is 1. The number of nitrogens with zero attached hydrogens (tertiary/aromatic N) is 3. The molecule has 1 amide bonds. The Morgan fingerprint density at radius 2 is 2.21 bits per heavy atom. The van der Waals surface area contributed by atoms with E-state index in [1.54, 1.807) is 6.92 Å². The van der Waals surface area contributed by atoms with Gasteiger partial charge in [-0.05, 0) is 37.9 Å². The summed E-state index contributed by atoms with van der Waals surface area (Å²) in [4.78, 5) is 14.0. The maximum absolute atomic E-state index is 11.7. The number of carbonyl (C=O) groups excluding carboxylic acids is 1. The first-order valence-corrected chi connectivity index (χ1v) is 6.64. The SMILES string of the molecule is Cc1nonc1C(=O)NCCCN1CCC(O)CC1. The van der Waals surface area contributed by atoms with Gasteiger partial charge < -0.3 is 15.3 Å². The fourth-order valence-corrected chi connectivity index (χ4v) is 2.17. The van der Waals surface area contributed by atoms with Gasteiger partial charge in [0, 0.05) is 19.6 Å². The number of hydrogen-bond donors (Lipinski definition) is 2. The monoisotopic (exact) mass is 268 g/mol. The molecular weight excluding hydrogens is 248 g/mol. The molecule has 2 rings (SSSR count). The Kier molecular flexibility index (Phi) is 4.86. The van der Waals surface area contributed by atoms with Crippen LogP contribution in [0.2, 0.25) is 0 Å². The van der Waals surface area contributed by atoms with Crippen molar-refractivity contribution in [2.75, 3.05) is 26.2 Å². The molecule has 0 unspecified atom stereocenters. The Bertz CT molecular complexity index is 413. The number of carbonyl (C=O) groups is 1. The second-order valence-electron chi connectivity index (χ2n) is 4.88. The number of likely N-dealkylation sites (tertiary alicyclic amines) is 1. The number of aliphatic hydroxyl groups is 1. The maximum Gasteiger partial charge on any atom is 0.275 e. The second kappa shape index (κ2) is 6.63. The average molecular weight is 268 g/mol. The van der Waals surface area contributed by atoms with Crippen molar-refractivity contribution in [2.24, 2.45) is 0 Å². The summed E-state index contributed by atoms with van der Waals surface area (Å²) in [5.74, 6) is -0.243. The van der Waals surface area contributed by atoms with E-state index >= 15 is 0 Å². The van der Waals surface area contributed by atoms with Crippen LogP contribution in [0.4, 0.5) is 0 Å². The van der Waals surface area contributed by atoms with Crippen molar-refractivity contribution in [1.82, 2.24) is 20.5 Å². The number of amides is 1. The number of hydrogen-bond acceptors (Lipinski definition) is 6. The van der Waals surface area contributed by atoms with Crippen molar-refractivity contribution in [3.05, 3.63) is 11.4 Å². The summed E-state index contributed by atoms with van der Waals surface area (Å²) in [6.45, 7) is 5.08. The molecule has 0 aliphatic carbocycles. The fraction of sp³-hybridized carbons (Fsp3) is 0.750. The summed E-state index contributed by atoms with van der Waals surface area (Å²) in [5, 5.41) is 19.3. The van der Waals surface area contributed by atoms with Crippen molar-refractivity contribution in [3.63, 3.8) is 0 Å². The van der Waals surface area contributed by atoms with Gasteiger partial charge in [-0.15, -0.1) is 0 Å². The Balaban J connectivity index is 1.62. The van der Waals surface area contributed by atoms with E-state index in [0.29, 0.717) is 12.2 Å². The molecule has 1 aromatic rings. The minimum atomic E-state index is -0.243. The van der Waals surface area contributed by atoms with Gasteiger partial charge in [0.25, 0.3) is 5.91 Å². The van der Waals surface area contributed by atoms with E-state index in [1.165, 1.54) is 0 Å². The van der Waals surface area contributed by atoms with Crippen LogP contribution in [0.3, 0.4) is 0 Å². The molecule has 0 bridgehead atoms. The van der Waals surface area contributed by atoms with Gasteiger partial charge in [0.05, 0.1) is 6.10 Å². The van der Waals surface area contributed by atoms with Gasteiger partial charge in [0.2, 0.25) is 0 Å². The molecule has 19 heavy (non-hydrogen) atoms. The lowest BCUT2D eigenvalue weighted by atomic mass is 10.1. The van der Waals surface area contributed by atoms with Crippen molar-refractivity contribution in [1.29, 1.82) is 0 Å². The van der Waals surface area contributed by atoms with Crippen LogP contribution in [0.25, 0.3) is 0 Å². The van der Waals surface area contributed by atoms with E-state index in [4.69, 9.17) is 0 Å². The van der Waals surface area contributed by atoms with Crippen LogP contribution in [0.1, 0.15) is 35.4 Å². The molecule has 1 aromatic heterocycles. The second-order valence-corrected chi connectivity index (χ2v) is 4.88. The van der Waals surface area contributed by atoms with Crippen molar-refractivity contribution >= 4 is 5.91 Å². The topological polar surface area (TPSA) is 91.5 Å². The molecular formula is C12H20N4O3. The Labute approximate surface area is 111 Å². The first-order valence-electron chi connectivity index (χ1n) is 6.64. The van der Waals surface area contributed by atoms with Crippen LogP contribution in [-0.4, -0.2) is 58.5 Å². The molecule has 0 radical (unpaired) electrons. The quantitative estimate of drug-likeness (QED) is 0.728. The zero-order valence-electron chi connectivity index (χ0n) is 11.1. The lowest BCUT2D eigenvalue weighted by Gasteiger charge is -2.29. The molecule has 0 atom stereocenters. The minimum Gasteiger partial charge on any atom is -0.393 e. The predicted molar refractivity (Wildman–Crippen MR) is 67.7 cm³/mol. The lowest BCUT2D eigenvalue weighted by molar-refractivity contribution is 0.0816.